The van der Waals surface area contributed by atoms with E-state index in [9.17, 15) is 14.4 Å². The molecule has 3 aliphatic rings. The van der Waals surface area contributed by atoms with E-state index in [-0.39, 0.29) is 5.92 Å². The maximum Gasteiger partial charge on any atom is 0.411 e. The van der Waals surface area contributed by atoms with Gasteiger partial charge in [-0.25, -0.2) is 4.79 Å². The lowest BCUT2D eigenvalue weighted by Crippen LogP contribution is -2.53. The first-order chi connectivity index (χ1) is 12.2. The van der Waals surface area contributed by atoms with Crippen molar-refractivity contribution in [1.82, 2.24) is 9.96 Å². The van der Waals surface area contributed by atoms with Crippen LogP contribution >= 0.6 is 0 Å². The fourth-order valence-electron chi connectivity index (χ4n) is 4.40. The molecule has 3 fully saturated rings. The summed E-state index contributed by atoms with van der Waals surface area (Å²) < 4.78 is 5.43. The van der Waals surface area contributed by atoms with Crippen molar-refractivity contribution < 1.29 is 24.0 Å². The van der Waals surface area contributed by atoms with Gasteiger partial charge in [-0.2, -0.15) is 5.06 Å². The van der Waals surface area contributed by atoms with Gasteiger partial charge in [-0.1, -0.05) is 0 Å². The van der Waals surface area contributed by atoms with E-state index in [1.165, 1.54) is 4.90 Å². The SMILES string of the molecule is CCON1CCC(C2CCN(C(=O)OC(C)(C)C)C3(C2)C(=O)C3=O)CC1. The number of ketones is 2. The number of hydroxylamine groups is 2. The van der Waals surface area contributed by atoms with Gasteiger partial charge in [0, 0.05) is 19.6 Å². The zero-order valence-corrected chi connectivity index (χ0v) is 16.2. The molecule has 0 aromatic heterocycles. The molecule has 7 nitrogen and oxygen atoms in total. The van der Waals surface area contributed by atoms with Gasteiger partial charge in [-0.05, 0) is 65.2 Å². The molecule has 1 amide bonds. The smallest absolute Gasteiger partial charge is 0.411 e. The molecule has 2 saturated heterocycles. The Morgan fingerprint density at radius 3 is 2.15 bits per heavy atom. The number of hydrogen-bond acceptors (Lipinski definition) is 6. The van der Waals surface area contributed by atoms with Crippen LogP contribution in [0.5, 0.6) is 0 Å². The van der Waals surface area contributed by atoms with E-state index in [1.54, 1.807) is 20.8 Å². The van der Waals surface area contributed by atoms with Crippen molar-refractivity contribution in [3.8, 4) is 0 Å². The highest BCUT2D eigenvalue weighted by Gasteiger charge is 2.72. The Morgan fingerprint density at radius 2 is 1.65 bits per heavy atom. The number of nitrogens with zero attached hydrogens (tertiary/aromatic N) is 2. The van der Waals surface area contributed by atoms with E-state index in [2.05, 4.69) is 0 Å². The van der Waals surface area contributed by atoms with Gasteiger partial charge in [0.05, 0.1) is 6.61 Å². The molecular weight excluding hydrogens is 336 g/mol. The zero-order valence-electron chi connectivity index (χ0n) is 16.2. The summed E-state index contributed by atoms with van der Waals surface area (Å²) in [6, 6.07) is 0. The number of carbonyl (C=O) groups is 3. The molecule has 3 rings (SSSR count). The van der Waals surface area contributed by atoms with E-state index in [0.29, 0.717) is 25.5 Å². The van der Waals surface area contributed by atoms with Gasteiger partial charge in [-0.3, -0.25) is 19.3 Å². The minimum Gasteiger partial charge on any atom is -0.444 e. The molecule has 26 heavy (non-hydrogen) atoms. The molecule has 1 unspecified atom stereocenters. The highest BCUT2D eigenvalue weighted by atomic mass is 16.7. The standard InChI is InChI=1S/C19H30N2O5/c1-5-25-20-9-6-13(7-10-20)14-8-11-21(17(24)26-18(2,3)4)19(12-14)15(22)16(19)23/h13-14H,5-12H2,1-4H3. The first-order valence-corrected chi connectivity index (χ1v) is 9.66. The lowest BCUT2D eigenvalue weighted by molar-refractivity contribution is -0.173. The fourth-order valence-corrected chi connectivity index (χ4v) is 4.40. The van der Waals surface area contributed by atoms with E-state index in [0.717, 1.165) is 32.4 Å². The molecule has 0 N–H and O–H groups in total. The normalized spacial score (nSPS) is 27.1. The summed E-state index contributed by atoms with van der Waals surface area (Å²) in [4.78, 5) is 43.9. The topological polar surface area (TPSA) is 76.2 Å². The summed E-state index contributed by atoms with van der Waals surface area (Å²) in [7, 11) is 0. The number of rotatable bonds is 3. The molecule has 1 saturated carbocycles. The number of piperidine rings is 2. The number of Topliss-reactive ketones (excluding diaryl/α,β-unsaturated/α-hetero) is 2. The van der Waals surface area contributed by atoms with Crippen LogP contribution in [0.1, 0.15) is 53.4 Å². The van der Waals surface area contributed by atoms with Crippen molar-refractivity contribution in [2.75, 3.05) is 26.2 Å². The third-order valence-corrected chi connectivity index (χ3v) is 5.73. The number of ether oxygens (including phenoxy) is 1. The summed E-state index contributed by atoms with van der Waals surface area (Å²) in [6.07, 6.45) is 2.69. The van der Waals surface area contributed by atoms with E-state index in [4.69, 9.17) is 9.57 Å². The summed E-state index contributed by atoms with van der Waals surface area (Å²) in [5, 5.41) is 2.00. The van der Waals surface area contributed by atoms with E-state index in [1.807, 2.05) is 12.0 Å². The minimum atomic E-state index is -1.25. The Kier molecular flexibility index (Phi) is 5.14. The van der Waals surface area contributed by atoms with E-state index < -0.39 is 28.8 Å². The summed E-state index contributed by atoms with van der Waals surface area (Å²) >= 11 is 0. The second-order valence-electron chi connectivity index (χ2n) is 8.59. The largest absolute Gasteiger partial charge is 0.444 e. The number of amides is 1. The monoisotopic (exact) mass is 366 g/mol. The zero-order chi connectivity index (χ0) is 19.1. The van der Waals surface area contributed by atoms with Crippen LogP contribution in [-0.4, -0.2) is 65.0 Å². The van der Waals surface area contributed by atoms with Crippen molar-refractivity contribution in [3.63, 3.8) is 0 Å². The van der Waals surface area contributed by atoms with Crippen LogP contribution in [0.3, 0.4) is 0 Å². The van der Waals surface area contributed by atoms with Crippen molar-refractivity contribution in [1.29, 1.82) is 0 Å². The second-order valence-corrected chi connectivity index (χ2v) is 8.59. The quantitative estimate of drug-likeness (QED) is 0.563. The highest BCUT2D eigenvalue weighted by molar-refractivity contribution is 6.67. The Morgan fingerprint density at radius 1 is 1.08 bits per heavy atom. The summed E-state index contributed by atoms with van der Waals surface area (Å²) in [6.45, 7) is 10.2. The van der Waals surface area contributed by atoms with Crippen LogP contribution in [0, 0.1) is 11.8 Å². The fraction of sp³-hybridized carbons (Fsp3) is 0.842. The van der Waals surface area contributed by atoms with Crippen LogP contribution in [0.4, 0.5) is 4.79 Å². The molecule has 2 aliphatic heterocycles. The molecule has 0 radical (unpaired) electrons. The number of likely N-dealkylation sites (tertiary alicyclic amines) is 1. The van der Waals surface area contributed by atoms with Gasteiger partial charge in [0.1, 0.15) is 5.60 Å². The van der Waals surface area contributed by atoms with Crippen LogP contribution in [-0.2, 0) is 19.2 Å². The molecule has 0 aromatic carbocycles. The minimum absolute atomic E-state index is 0.285. The third kappa shape index (κ3) is 3.51. The molecular formula is C19H30N2O5. The molecule has 146 valence electrons. The van der Waals surface area contributed by atoms with Gasteiger partial charge in [0.2, 0.25) is 11.6 Å². The average molecular weight is 366 g/mol. The lowest BCUT2D eigenvalue weighted by Gasteiger charge is -2.42. The molecule has 0 bridgehead atoms. The molecule has 7 heteroatoms. The predicted octanol–water partition coefficient (Wildman–Crippen LogP) is 2.19. The highest BCUT2D eigenvalue weighted by Crippen LogP contribution is 2.47. The Labute approximate surface area is 154 Å². The average Bonchev–Trinajstić information content (AvgIpc) is 3.07. The molecule has 1 spiro atoms. The van der Waals surface area contributed by atoms with Gasteiger partial charge in [0.15, 0.2) is 5.54 Å². The van der Waals surface area contributed by atoms with Gasteiger partial charge in [-0.15, -0.1) is 0 Å². The van der Waals surface area contributed by atoms with Crippen LogP contribution in [0.15, 0.2) is 0 Å². The maximum atomic E-state index is 12.5. The predicted molar refractivity (Wildman–Crippen MR) is 94.3 cm³/mol. The lowest BCUT2D eigenvalue weighted by atomic mass is 9.76. The Hall–Kier alpha value is -1.47. The Bertz CT molecular complexity index is 575. The third-order valence-electron chi connectivity index (χ3n) is 5.73. The van der Waals surface area contributed by atoms with Gasteiger partial charge >= 0.3 is 6.09 Å². The Balaban J connectivity index is 1.66. The summed E-state index contributed by atoms with van der Waals surface area (Å²) in [5.41, 5.74) is -1.90. The number of carbonyl (C=O) groups excluding carboxylic acids is 3. The van der Waals surface area contributed by atoms with Crippen molar-refractivity contribution >= 4 is 17.7 Å². The number of hydrogen-bond donors (Lipinski definition) is 0. The van der Waals surface area contributed by atoms with Crippen molar-refractivity contribution in [2.24, 2.45) is 11.8 Å². The van der Waals surface area contributed by atoms with Gasteiger partial charge < -0.3 is 4.74 Å². The first kappa shape index (κ1) is 19.3. The van der Waals surface area contributed by atoms with Crippen molar-refractivity contribution in [3.05, 3.63) is 0 Å². The van der Waals surface area contributed by atoms with Crippen molar-refractivity contribution in [2.45, 2.75) is 64.5 Å². The van der Waals surface area contributed by atoms with Crippen LogP contribution < -0.4 is 0 Å². The van der Waals surface area contributed by atoms with Crippen LogP contribution in [0.2, 0.25) is 0 Å². The molecule has 1 atom stereocenters. The summed E-state index contributed by atoms with van der Waals surface area (Å²) in [5.74, 6) is -0.113. The maximum absolute atomic E-state index is 12.5. The van der Waals surface area contributed by atoms with Crippen LogP contribution in [0.25, 0.3) is 0 Å². The molecule has 1 aliphatic carbocycles. The van der Waals surface area contributed by atoms with E-state index >= 15 is 0 Å². The first-order valence-electron chi connectivity index (χ1n) is 9.66. The molecule has 0 aromatic rings. The second kappa shape index (κ2) is 6.93. The van der Waals surface area contributed by atoms with Gasteiger partial charge in [0.25, 0.3) is 0 Å². The molecule has 2 heterocycles.